The maximum absolute atomic E-state index is 12.8. The fraction of sp³-hybridized carbons (Fsp3) is 0.167. The molecule has 0 spiro atoms. The molecule has 2 atom stereocenters. The van der Waals surface area contributed by atoms with Crippen LogP contribution >= 0.6 is 0 Å². The van der Waals surface area contributed by atoms with Crippen molar-refractivity contribution in [1.29, 1.82) is 0 Å². The first-order chi connectivity index (χ1) is 14.4. The van der Waals surface area contributed by atoms with Crippen LogP contribution in [0.25, 0.3) is 21.7 Å². The highest BCUT2D eigenvalue weighted by atomic mass is 16.6. The first kappa shape index (κ1) is 19.8. The number of nitrogens with one attached hydrogen (secondary N) is 1. The molecule has 30 heavy (non-hydrogen) atoms. The summed E-state index contributed by atoms with van der Waals surface area (Å²) in [5.74, 6) is -1.64. The Morgan fingerprint density at radius 2 is 1.67 bits per heavy atom. The summed E-state index contributed by atoms with van der Waals surface area (Å²) in [6, 6.07) is 19.8. The number of benzene rings is 3. The predicted molar refractivity (Wildman–Crippen MR) is 117 cm³/mol. The highest BCUT2D eigenvalue weighted by Gasteiger charge is 2.36. The molecule has 6 heteroatoms. The third-order valence-corrected chi connectivity index (χ3v) is 5.38. The van der Waals surface area contributed by atoms with Crippen molar-refractivity contribution < 1.29 is 14.3 Å². The van der Waals surface area contributed by atoms with Gasteiger partial charge in [0.2, 0.25) is 0 Å². The van der Waals surface area contributed by atoms with Crippen molar-refractivity contribution in [2.24, 2.45) is 11.5 Å². The number of hydrogen-bond acceptors (Lipinski definition) is 5. The molecule has 1 aromatic heterocycles. The average molecular weight is 401 g/mol. The maximum Gasteiger partial charge on any atom is 0.338 e. The van der Waals surface area contributed by atoms with E-state index in [4.69, 9.17) is 16.2 Å². The lowest BCUT2D eigenvalue weighted by Crippen LogP contribution is -2.46. The predicted octanol–water partition coefficient (Wildman–Crippen LogP) is 3.13. The van der Waals surface area contributed by atoms with Gasteiger partial charge in [-0.3, -0.25) is 0 Å². The number of aromatic nitrogens is 1. The number of hydrogen-bond donors (Lipinski definition) is 3. The topological polar surface area (TPSA) is 111 Å². The molecule has 3 aromatic carbocycles. The Labute approximate surface area is 173 Å². The zero-order chi connectivity index (χ0) is 21.3. The van der Waals surface area contributed by atoms with Crippen LogP contribution in [0.2, 0.25) is 0 Å². The number of carbonyl (C=O) groups is 2. The number of esters is 2. The van der Waals surface area contributed by atoms with Gasteiger partial charge in [-0.1, -0.05) is 60.7 Å². The van der Waals surface area contributed by atoms with Crippen molar-refractivity contribution in [1.82, 2.24) is 4.98 Å². The summed E-state index contributed by atoms with van der Waals surface area (Å²) in [5, 5.41) is 2.76. The Kier molecular flexibility index (Phi) is 5.11. The maximum atomic E-state index is 12.8. The lowest BCUT2D eigenvalue weighted by Gasteiger charge is -2.24. The molecule has 0 bridgehead atoms. The van der Waals surface area contributed by atoms with Crippen molar-refractivity contribution in [2.45, 2.75) is 24.9 Å². The van der Waals surface area contributed by atoms with E-state index in [-0.39, 0.29) is 6.42 Å². The van der Waals surface area contributed by atoms with E-state index in [0.29, 0.717) is 5.56 Å². The number of H-pyrrole nitrogens is 1. The smallest absolute Gasteiger partial charge is 0.338 e. The number of nitrogens with two attached hydrogens (primary N) is 2. The van der Waals surface area contributed by atoms with Crippen LogP contribution in [0.5, 0.6) is 0 Å². The van der Waals surface area contributed by atoms with Gasteiger partial charge >= 0.3 is 11.9 Å². The zero-order valence-electron chi connectivity index (χ0n) is 16.6. The van der Waals surface area contributed by atoms with E-state index in [1.807, 2.05) is 66.9 Å². The summed E-state index contributed by atoms with van der Waals surface area (Å²) in [7, 11) is 0. The van der Waals surface area contributed by atoms with E-state index in [2.05, 4.69) is 4.98 Å². The molecular formula is C24H23N3O3. The molecule has 5 N–H and O–H groups in total. The van der Waals surface area contributed by atoms with Crippen LogP contribution in [0.4, 0.5) is 0 Å². The summed E-state index contributed by atoms with van der Waals surface area (Å²) in [6.45, 7) is 1.54. The van der Waals surface area contributed by atoms with Crippen LogP contribution in [0.15, 0.2) is 72.9 Å². The molecule has 0 amide bonds. The molecule has 152 valence electrons. The standard InChI is InChI=1S/C24H23N3O3/c1-24(26,19-11-6-8-15-7-2-3-9-17(15)19)23(29)30-22(28)20(25)13-16-14-27-21-12-5-4-10-18(16)21/h2-12,14,20,27H,13,25-26H2,1H3/t20-,24+/m0/s1. The molecular weight excluding hydrogens is 378 g/mol. The monoisotopic (exact) mass is 401 g/mol. The summed E-state index contributed by atoms with van der Waals surface area (Å²) in [5.41, 5.74) is 13.3. The minimum absolute atomic E-state index is 0.242. The third-order valence-electron chi connectivity index (χ3n) is 5.38. The van der Waals surface area contributed by atoms with Crippen molar-refractivity contribution >= 4 is 33.6 Å². The number of carbonyl (C=O) groups excluding carboxylic acids is 2. The molecule has 1 heterocycles. The largest absolute Gasteiger partial charge is 0.390 e. The first-order valence-electron chi connectivity index (χ1n) is 9.72. The van der Waals surface area contributed by atoms with Gasteiger partial charge < -0.3 is 21.2 Å². The van der Waals surface area contributed by atoms with Gasteiger partial charge in [0.25, 0.3) is 0 Å². The molecule has 6 nitrogen and oxygen atoms in total. The van der Waals surface area contributed by atoms with E-state index >= 15 is 0 Å². The number of rotatable bonds is 5. The van der Waals surface area contributed by atoms with E-state index in [0.717, 1.165) is 27.2 Å². The summed E-state index contributed by atoms with van der Waals surface area (Å²) in [4.78, 5) is 28.5. The number of fused-ring (bicyclic) bond motifs is 2. The van der Waals surface area contributed by atoms with Crippen molar-refractivity contribution in [3.05, 3.63) is 84.1 Å². The van der Waals surface area contributed by atoms with Gasteiger partial charge in [-0.25, -0.2) is 9.59 Å². The molecule has 4 rings (SSSR count). The van der Waals surface area contributed by atoms with Gasteiger partial charge in [0.1, 0.15) is 11.6 Å². The van der Waals surface area contributed by atoms with Crippen molar-refractivity contribution in [2.75, 3.05) is 0 Å². The fourth-order valence-corrected chi connectivity index (χ4v) is 3.68. The Morgan fingerprint density at radius 3 is 2.47 bits per heavy atom. The lowest BCUT2D eigenvalue weighted by atomic mass is 9.89. The van der Waals surface area contributed by atoms with Gasteiger partial charge in [0.15, 0.2) is 0 Å². The normalized spacial score (nSPS) is 14.4. The number of aromatic amines is 1. The van der Waals surface area contributed by atoms with Crippen molar-refractivity contribution in [3.63, 3.8) is 0 Å². The van der Waals surface area contributed by atoms with E-state index in [9.17, 15) is 9.59 Å². The Bertz CT molecular complexity index is 1240. The Balaban J connectivity index is 1.51. The Hall–Kier alpha value is -3.48. The minimum Gasteiger partial charge on any atom is -0.390 e. The SMILES string of the molecule is C[C@](N)(C(=O)OC(=O)[C@@H](N)Cc1c[nH]c2ccccc12)c1cccc2ccccc12. The minimum atomic E-state index is -1.50. The fourth-order valence-electron chi connectivity index (χ4n) is 3.68. The van der Waals surface area contributed by atoms with Gasteiger partial charge in [0.05, 0.1) is 0 Å². The lowest BCUT2D eigenvalue weighted by molar-refractivity contribution is -0.164. The highest BCUT2D eigenvalue weighted by Crippen LogP contribution is 2.28. The zero-order valence-corrected chi connectivity index (χ0v) is 16.6. The second kappa shape index (κ2) is 7.74. The van der Waals surface area contributed by atoms with E-state index < -0.39 is 23.5 Å². The second-order valence-corrected chi connectivity index (χ2v) is 7.61. The van der Waals surface area contributed by atoms with Crippen LogP contribution in [0.3, 0.4) is 0 Å². The first-order valence-corrected chi connectivity index (χ1v) is 9.72. The van der Waals surface area contributed by atoms with Crippen LogP contribution in [0, 0.1) is 0 Å². The van der Waals surface area contributed by atoms with E-state index in [1.54, 1.807) is 6.07 Å². The van der Waals surface area contributed by atoms with Gasteiger partial charge in [0, 0.05) is 23.5 Å². The molecule has 0 saturated carbocycles. The molecule has 0 aliphatic rings. The molecule has 0 saturated heterocycles. The molecule has 0 aliphatic carbocycles. The molecule has 0 radical (unpaired) electrons. The molecule has 0 unspecified atom stereocenters. The van der Waals surface area contributed by atoms with E-state index in [1.165, 1.54) is 6.92 Å². The second-order valence-electron chi connectivity index (χ2n) is 7.61. The third kappa shape index (κ3) is 3.58. The molecule has 0 aliphatic heterocycles. The highest BCUT2D eigenvalue weighted by molar-refractivity contribution is 5.97. The van der Waals surface area contributed by atoms with Crippen LogP contribution in [-0.2, 0) is 26.3 Å². The van der Waals surface area contributed by atoms with Gasteiger partial charge in [-0.05, 0) is 34.9 Å². The number of ether oxygens (including phenoxy) is 1. The van der Waals surface area contributed by atoms with Crippen molar-refractivity contribution in [3.8, 4) is 0 Å². The molecule has 0 fully saturated rings. The number of para-hydroxylation sites is 1. The quantitative estimate of drug-likeness (QED) is 0.351. The Morgan fingerprint density at radius 1 is 1.00 bits per heavy atom. The van der Waals surface area contributed by atoms with Gasteiger partial charge in [-0.15, -0.1) is 0 Å². The molecule has 4 aromatic rings. The van der Waals surface area contributed by atoms with Crippen LogP contribution < -0.4 is 11.5 Å². The van der Waals surface area contributed by atoms with Crippen LogP contribution in [0.1, 0.15) is 18.1 Å². The van der Waals surface area contributed by atoms with Gasteiger partial charge in [-0.2, -0.15) is 0 Å². The van der Waals surface area contributed by atoms with Crippen LogP contribution in [-0.4, -0.2) is 23.0 Å². The summed E-state index contributed by atoms with van der Waals surface area (Å²) < 4.78 is 5.10. The average Bonchev–Trinajstić information content (AvgIpc) is 3.16. The summed E-state index contributed by atoms with van der Waals surface area (Å²) in [6.07, 6.45) is 2.05. The summed E-state index contributed by atoms with van der Waals surface area (Å²) >= 11 is 0.